The Kier molecular flexibility index (Phi) is 4.96. The molecule has 3 rings (SSSR count). The summed E-state index contributed by atoms with van der Waals surface area (Å²) in [7, 11) is 1.64. The van der Waals surface area contributed by atoms with Gasteiger partial charge in [0, 0.05) is 12.6 Å². The number of methoxy groups -OCH3 is 1. The van der Waals surface area contributed by atoms with E-state index in [2.05, 4.69) is 10.5 Å². The summed E-state index contributed by atoms with van der Waals surface area (Å²) in [5, 5.41) is 6.60. The van der Waals surface area contributed by atoms with Crippen molar-refractivity contribution in [3.63, 3.8) is 0 Å². The molecule has 0 spiro atoms. The second-order valence-corrected chi connectivity index (χ2v) is 5.26. The van der Waals surface area contributed by atoms with Crippen molar-refractivity contribution in [3.05, 3.63) is 60.0 Å². The fourth-order valence-electron chi connectivity index (χ4n) is 2.29. The summed E-state index contributed by atoms with van der Waals surface area (Å²) < 4.78 is 15.4. The summed E-state index contributed by atoms with van der Waals surface area (Å²) in [5.74, 6) is 1.56. The van der Waals surface area contributed by atoms with E-state index in [-0.39, 0.29) is 11.6 Å². The summed E-state index contributed by atoms with van der Waals surface area (Å²) >= 11 is 0. The Labute approximate surface area is 139 Å². The van der Waals surface area contributed by atoms with Crippen LogP contribution in [-0.4, -0.2) is 24.7 Å². The van der Waals surface area contributed by atoms with Crippen LogP contribution < -0.4 is 10.1 Å². The maximum atomic E-state index is 12.0. The van der Waals surface area contributed by atoms with Crippen LogP contribution >= 0.6 is 0 Å². The molecule has 24 heavy (non-hydrogen) atoms. The molecular weight excluding hydrogens is 308 g/mol. The molecule has 0 unspecified atom stereocenters. The Balaban J connectivity index is 1.45. The number of rotatable bonds is 7. The van der Waals surface area contributed by atoms with Gasteiger partial charge in [-0.1, -0.05) is 17.3 Å². The number of aromatic nitrogens is 1. The molecule has 0 saturated heterocycles. The van der Waals surface area contributed by atoms with Gasteiger partial charge >= 0.3 is 0 Å². The van der Waals surface area contributed by atoms with Crippen molar-refractivity contribution in [1.82, 2.24) is 10.5 Å². The monoisotopic (exact) mass is 326 g/mol. The molecule has 2 heterocycles. The zero-order valence-corrected chi connectivity index (χ0v) is 13.3. The van der Waals surface area contributed by atoms with Gasteiger partial charge in [-0.2, -0.15) is 0 Å². The third-order valence-electron chi connectivity index (χ3n) is 3.59. The third kappa shape index (κ3) is 3.84. The van der Waals surface area contributed by atoms with Gasteiger partial charge in [0.15, 0.2) is 11.5 Å². The average molecular weight is 326 g/mol. The Morgan fingerprint density at radius 1 is 1.21 bits per heavy atom. The first-order chi connectivity index (χ1) is 11.8. The second-order valence-electron chi connectivity index (χ2n) is 5.26. The molecule has 1 aromatic carbocycles. The van der Waals surface area contributed by atoms with Crippen molar-refractivity contribution in [2.45, 2.75) is 12.8 Å². The van der Waals surface area contributed by atoms with Gasteiger partial charge in [0.25, 0.3) is 5.91 Å². The van der Waals surface area contributed by atoms with Gasteiger partial charge < -0.3 is 19.0 Å². The van der Waals surface area contributed by atoms with Crippen LogP contribution in [0, 0.1) is 0 Å². The van der Waals surface area contributed by atoms with Gasteiger partial charge in [-0.15, -0.1) is 0 Å². The number of carbonyl (C=O) groups is 1. The number of nitrogens with zero attached hydrogens (tertiary/aromatic N) is 1. The van der Waals surface area contributed by atoms with E-state index in [0.717, 1.165) is 18.6 Å². The molecule has 1 amide bonds. The maximum Gasteiger partial charge on any atom is 0.273 e. The maximum absolute atomic E-state index is 12.0. The molecule has 0 fully saturated rings. The van der Waals surface area contributed by atoms with E-state index in [4.69, 9.17) is 13.7 Å². The molecule has 0 radical (unpaired) electrons. The lowest BCUT2D eigenvalue weighted by Gasteiger charge is -2.04. The van der Waals surface area contributed by atoms with E-state index in [1.54, 1.807) is 25.3 Å². The Morgan fingerprint density at radius 2 is 2.04 bits per heavy atom. The highest BCUT2D eigenvalue weighted by atomic mass is 16.5. The average Bonchev–Trinajstić information content (AvgIpc) is 3.30. The molecule has 0 aliphatic rings. The first kappa shape index (κ1) is 15.9. The zero-order chi connectivity index (χ0) is 16.8. The Hall–Kier alpha value is -3.02. The van der Waals surface area contributed by atoms with Crippen molar-refractivity contribution in [2.24, 2.45) is 0 Å². The van der Waals surface area contributed by atoms with E-state index in [1.165, 1.54) is 11.8 Å². The topological polar surface area (TPSA) is 77.5 Å². The van der Waals surface area contributed by atoms with Crippen molar-refractivity contribution >= 4 is 5.91 Å². The molecule has 124 valence electrons. The number of hydrogen-bond donors (Lipinski definition) is 1. The summed E-state index contributed by atoms with van der Waals surface area (Å²) in [6, 6.07) is 13.0. The number of carbonyl (C=O) groups excluding carboxylic acids is 1. The van der Waals surface area contributed by atoms with Gasteiger partial charge in [0.2, 0.25) is 5.76 Å². The minimum Gasteiger partial charge on any atom is -0.497 e. The molecule has 2 aromatic heterocycles. The molecular formula is C18H18N2O4. The predicted molar refractivity (Wildman–Crippen MR) is 87.9 cm³/mol. The first-order valence-electron chi connectivity index (χ1n) is 7.68. The molecule has 3 aromatic rings. The van der Waals surface area contributed by atoms with E-state index >= 15 is 0 Å². The van der Waals surface area contributed by atoms with E-state index in [0.29, 0.717) is 18.1 Å². The van der Waals surface area contributed by atoms with Crippen LogP contribution in [0.5, 0.6) is 5.75 Å². The lowest BCUT2D eigenvalue weighted by molar-refractivity contribution is 0.0944. The molecule has 1 N–H and O–H groups in total. The highest BCUT2D eigenvalue weighted by molar-refractivity contribution is 5.92. The lowest BCUT2D eigenvalue weighted by Crippen LogP contribution is -2.25. The van der Waals surface area contributed by atoms with E-state index < -0.39 is 0 Å². The summed E-state index contributed by atoms with van der Waals surface area (Å²) in [5.41, 5.74) is 1.44. The number of nitrogens with one attached hydrogen (secondary N) is 1. The van der Waals surface area contributed by atoms with Crippen LogP contribution in [0.25, 0.3) is 11.5 Å². The minimum absolute atomic E-state index is 0.242. The largest absolute Gasteiger partial charge is 0.497 e. The summed E-state index contributed by atoms with van der Waals surface area (Å²) in [6.07, 6.45) is 3.25. The van der Waals surface area contributed by atoms with Crippen LogP contribution in [-0.2, 0) is 6.42 Å². The van der Waals surface area contributed by atoms with E-state index in [1.807, 2.05) is 24.3 Å². The molecule has 6 heteroatoms. The molecule has 0 saturated carbocycles. The van der Waals surface area contributed by atoms with Crippen LogP contribution in [0.1, 0.15) is 22.5 Å². The van der Waals surface area contributed by atoms with Crippen LogP contribution in [0.2, 0.25) is 0 Å². The third-order valence-corrected chi connectivity index (χ3v) is 3.59. The smallest absolute Gasteiger partial charge is 0.273 e. The molecule has 0 atom stereocenters. The van der Waals surface area contributed by atoms with Gasteiger partial charge in [-0.25, -0.2) is 0 Å². The van der Waals surface area contributed by atoms with E-state index in [9.17, 15) is 4.79 Å². The number of hydrogen-bond acceptors (Lipinski definition) is 5. The normalized spacial score (nSPS) is 10.5. The lowest BCUT2D eigenvalue weighted by atomic mass is 10.1. The summed E-state index contributed by atoms with van der Waals surface area (Å²) in [6.45, 7) is 0.563. The Morgan fingerprint density at radius 3 is 2.75 bits per heavy atom. The SMILES string of the molecule is COc1ccc(CCCNC(=O)c2cc(-c3ccco3)on2)cc1. The van der Waals surface area contributed by atoms with Crippen LogP contribution in [0.15, 0.2) is 57.7 Å². The van der Waals surface area contributed by atoms with Crippen molar-refractivity contribution in [1.29, 1.82) is 0 Å². The van der Waals surface area contributed by atoms with Gasteiger partial charge in [-0.05, 0) is 42.7 Å². The number of aryl methyl sites for hydroxylation is 1. The minimum atomic E-state index is -0.258. The van der Waals surface area contributed by atoms with Crippen molar-refractivity contribution in [3.8, 4) is 17.3 Å². The fraction of sp³-hybridized carbons (Fsp3) is 0.222. The van der Waals surface area contributed by atoms with Gasteiger partial charge in [0.05, 0.1) is 13.4 Å². The highest BCUT2D eigenvalue weighted by Gasteiger charge is 2.14. The number of benzene rings is 1. The predicted octanol–water partition coefficient (Wildman–Crippen LogP) is 3.31. The van der Waals surface area contributed by atoms with Crippen LogP contribution in [0.4, 0.5) is 0 Å². The molecule has 0 aliphatic carbocycles. The number of ether oxygens (including phenoxy) is 1. The first-order valence-corrected chi connectivity index (χ1v) is 7.68. The number of amides is 1. The van der Waals surface area contributed by atoms with Crippen molar-refractivity contribution in [2.75, 3.05) is 13.7 Å². The van der Waals surface area contributed by atoms with Gasteiger partial charge in [-0.3, -0.25) is 4.79 Å². The van der Waals surface area contributed by atoms with Crippen LogP contribution in [0.3, 0.4) is 0 Å². The summed E-state index contributed by atoms with van der Waals surface area (Å²) in [4.78, 5) is 12.0. The zero-order valence-electron chi connectivity index (χ0n) is 13.3. The molecule has 6 nitrogen and oxygen atoms in total. The van der Waals surface area contributed by atoms with Crippen molar-refractivity contribution < 1.29 is 18.5 Å². The number of furan rings is 1. The standard InChI is InChI=1S/C18H18N2O4/c1-22-14-8-6-13(7-9-14)4-2-10-19-18(21)15-12-17(24-20-15)16-5-3-11-23-16/h3,5-9,11-12H,2,4,10H2,1H3,(H,19,21). The molecule has 0 aliphatic heterocycles. The quantitative estimate of drug-likeness (QED) is 0.674. The van der Waals surface area contributed by atoms with Gasteiger partial charge in [0.1, 0.15) is 5.75 Å². The fourth-order valence-corrected chi connectivity index (χ4v) is 2.29. The Bertz CT molecular complexity index is 776. The second kappa shape index (κ2) is 7.50. The highest BCUT2D eigenvalue weighted by Crippen LogP contribution is 2.20. The molecule has 0 bridgehead atoms.